The number of carboxylic acid groups (broad SMARTS) is 3. The Balaban J connectivity index is 0.000000429. The number of carbonyl (C=O) groups excluding carboxylic acids is 3. The fourth-order valence-electron chi connectivity index (χ4n) is 1.88. The van der Waals surface area contributed by atoms with E-state index in [2.05, 4.69) is 0 Å². The Kier molecular flexibility index (Phi) is 13.3. The fourth-order valence-corrected chi connectivity index (χ4v) is 2.52. The molecule has 3 aromatic rings. The summed E-state index contributed by atoms with van der Waals surface area (Å²) in [5, 5.41) is 31.3. The van der Waals surface area contributed by atoms with Crippen molar-refractivity contribution < 1.29 is 46.8 Å². The number of benzene rings is 3. The van der Waals surface area contributed by atoms with E-state index >= 15 is 0 Å². The quantitative estimate of drug-likeness (QED) is 0.486. The summed E-state index contributed by atoms with van der Waals surface area (Å²) >= 11 is 16.5. The third-order valence-corrected chi connectivity index (χ3v) is 4.27. The van der Waals surface area contributed by atoms with Gasteiger partial charge in [-0.05, 0) is 18.2 Å². The van der Waals surface area contributed by atoms with Crippen LogP contribution in [0, 0.1) is 0 Å². The van der Waals surface area contributed by atoms with Crippen molar-refractivity contribution in [1.29, 1.82) is 0 Å². The van der Waals surface area contributed by atoms with Gasteiger partial charge in [0.05, 0.1) is 17.9 Å². The molecule has 6 nitrogen and oxygen atoms in total. The van der Waals surface area contributed by atoms with Crippen molar-refractivity contribution in [2.24, 2.45) is 0 Å². The summed E-state index contributed by atoms with van der Waals surface area (Å²) in [6.45, 7) is 0. The normalized spacial score (nSPS) is 9.00. The molecule has 3 rings (SSSR count). The van der Waals surface area contributed by atoms with Crippen molar-refractivity contribution in [2.75, 3.05) is 0 Å². The first-order chi connectivity index (χ1) is 14.1. The number of carboxylic acids is 3. The van der Waals surface area contributed by atoms with E-state index in [0.717, 1.165) is 0 Å². The minimum absolute atomic E-state index is 0. The van der Waals surface area contributed by atoms with Gasteiger partial charge in [0.25, 0.3) is 0 Å². The van der Waals surface area contributed by atoms with Gasteiger partial charge in [-0.1, -0.05) is 89.4 Å². The monoisotopic (exact) mass is 521 g/mol. The fraction of sp³-hybridized carbons (Fsp3) is 0. The van der Waals surface area contributed by atoms with Crippen LogP contribution in [0.3, 0.4) is 0 Å². The zero-order valence-corrected chi connectivity index (χ0v) is 18.7. The number of aromatic carboxylic acids is 3. The molecule has 0 amide bonds. The summed E-state index contributed by atoms with van der Waals surface area (Å²) in [6, 6.07) is 18.5. The van der Waals surface area contributed by atoms with E-state index in [1.54, 1.807) is 36.4 Å². The molecular formula is C21H12Cl3FeO6. The Bertz CT molecular complexity index is 911. The predicted octanol–water partition coefficient (Wildman–Crippen LogP) is 2.11. The van der Waals surface area contributed by atoms with E-state index in [-0.39, 0.29) is 48.8 Å². The van der Waals surface area contributed by atoms with E-state index < -0.39 is 17.9 Å². The summed E-state index contributed by atoms with van der Waals surface area (Å²) in [5.74, 6) is -3.73. The van der Waals surface area contributed by atoms with Gasteiger partial charge in [0.1, 0.15) is 0 Å². The molecule has 0 aliphatic rings. The van der Waals surface area contributed by atoms with Crippen LogP contribution in [0.4, 0.5) is 0 Å². The van der Waals surface area contributed by atoms with Crippen LogP contribution in [0.15, 0.2) is 72.8 Å². The van der Waals surface area contributed by atoms with Crippen LogP contribution in [-0.2, 0) is 17.1 Å². The van der Waals surface area contributed by atoms with Gasteiger partial charge in [-0.15, -0.1) is 0 Å². The molecule has 0 atom stereocenters. The van der Waals surface area contributed by atoms with Crippen molar-refractivity contribution in [1.82, 2.24) is 0 Å². The standard InChI is InChI=1S/3C7H5ClO2.Fe/c3*8-6-4-2-1-3-5(6)7(9)10;/h3*1-4H,(H,9,10);/q;;;+3/p-3. The van der Waals surface area contributed by atoms with Gasteiger partial charge in [0.2, 0.25) is 0 Å². The van der Waals surface area contributed by atoms with E-state index in [9.17, 15) is 29.7 Å². The van der Waals surface area contributed by atoms with Gasteiger partial charge in [-0.25, -0.2) is 0 Å². The van der Waals surface area contributed by atoms with E-state index in [1.807, 2.05) is 0 Å². The second kappa shape index (κ2) is 14.5. The van der Waals surface area contributed by atoms with Crippen molar-refractivity contribution in [3.63, 3.8) is 0 Å². The van der Waals surface area contributed by atoms with Crippen molar-refractivity contribution in [3.8, 4) is 0 Å². The van der Waals surface area contributed by atoms with E-state index in [0.29, 0.717) is 0 Å². The number of hydrogen-bond donors (Lipinski definition) is 0. The van der Waals surface area contributed by atoms with Gasteiger partial charge in [-0.2, -0.15) is 0 Å². The number of hydrogen-bond acceptors (Lipinski definition) is 6. The Morgan fingerprint density at radius 1 is 0.484 bits per heavy atom. The summed E-state index contributed by atoms with van der Waals surface area (Å²) in [5.41, 5.74) is 0.0949. The van der Waals surface area contributed by atoms with E-state index in [4.69, 9.17) is 34.8 Å². The van der Waals surface area contributed by atoms with Gasteiger partial charge >= 0.3 is 17.1 Å². The molecule has 10 heteroatoms. The second-order valence-electron chi connectivity index (χ2n) is 5.30. The number of halogens is 3. The maximum Gasteiger partial charge on any atom is 3.00 e. The number of rotatable bonds is 3. The van der Waals surface area contributed by atoms with Gasteiger partial charge in [-0.3, -0.25) is 0 Å². The van der Waals surface area contributed by atoms with Crippen LogP contribution in [0.25, 0.3) is 0 Å². The Morgan fingerprint density at radius 2 is 0.677 bits per heavy atom. The molecule has 0 heterocycles. The molecule has 0 spiro atoms. The van der Waals surface area contributed by atoms with Crippen LogP contribution in [0.1, 0.15) is 31.1 Å². The minimum atomic E-state index is -1.24. The first-order valence-corrected chi connectivity index (χ1v) is 9.16. The molecule has 3 aromatic carbocycles. The Hall–Kier alpha value is -2.54. The predicted molar refractivity (Wildman–Crippen MR) is 107 cm³/mol. The molecule has 161 valence electrons. The summed E-state index contributed by atoms with van der Waals surface area (Å²) in [4.78, 5) is 30.7. The first kappa shape index (κ1) is 28.5. The largest absolute Gasteiger partial charge is 3.00 e. The Morgan fingerprint density at radius 3 is 0.806 bits per heavy atom. The molecule has 0 saturated carbocycles. The first-order valence-electron chi connectivity index (χ1n) is 8.02. The zero-order valence-electron chi connectivity index (χ0n) is 15.4. The molecule has 0 fully saturated rings. The molecule has 0 aliphatic heterocycles. The molecule has 0 saturated heterocycles. The van der Waals surface area contributed by atoms with Crippen molar-refractivity contribution in [2.45, 2.75) is 0 Å². The second-order valence-corrected chi connectivity index (χ2v) is 6.52. The van der Waals surface area contributed by atoms with Gasteiger partial charge in [0.15, 0.2) is 0 Å². The van der Waals surface area contributed by atoms with Crippen LogP contribution in [0.2, 0.25) is 15.1 Å². The summed E-state index contributed by atoms with van der Waals surface area (Å²) < 4.78 is 0. The third kappa shape index (κ3) is 9.87. The SMILES string of the molecule is O=C([O-])c1ccccc1Cl.O=C([O-])c1ccccc1Cl.O=C([O-])c1ccccc1Cl.[Fe+3]. The summed E-state index contributed by atoms with van der Waals surface area (Å²) in [7, 11) is 0. The van der Waals surface area contributed by atoms with Crippen molar-refractivity contribution in [3.05, 3.63) is 105 Å². The number of carbonyl (C=O) groups is 3. The molecular weight excluding hydrogens is 510 g/mol. The third-order valence-electron chi connectivity index (χ3n) is 3.28. The van der Waals surface area contributed by atoms with Crippen LogP contribution >= 0.6 is 34.8 Å². The molecule has 1 radical (unpaired) electrons. The van der Waals surface area contributed by atoms with Crippen molar-refractivity contribution >= 4 is 52.7 Å². The van der Waals surface area contributed by atoms with Gasteiger partial charge < -0.3 is 29.7 Å². The average Bonchev–Trinajstić information content (AvgIpc) is 2.69. The molecule has 0 bridgehead atoms. The molecule has 0 aliphatic carbocycles. The summed E-state index contributed by atoms with van der Waals surface area (Å²) in [6.07, 6.45) is 0. The minimum Gasteiger partial charge on any atom is -0.545 e. The molecule has 0 unspecified atom stereocenters. The topological polar surface area (TPSA) is 120 Å². The average molecular weight is 523 g/mol. The van der Waals surface area contributed by atoms with Crippen LogP contribution in [-0.4, -0.2) is 17.9 Å². The Labute approximate surface area is 203 Å². The zero-order chi connectivity index (χ0) is 22.7. The maximum atomic E-state index is 10.2. The molecule has 0 N–H and O–H groups in total. The smallest absolute Gasteiger partial charge is 0.545 e. The van der Waals surface area contributed by atoms with Crippen LogP contribution in [0.5, 0.6) is 0 Å². The molecule has 0 aromatic heterocycles. The maximum absolute atomic E-state index is 10.2. The van der Waals surface area contributed by atoms with E-state index in [1.165, 1.54) is 36.4 Å². The van der Waals surface area contributed by atoms with Crippen LogP contribution < -0.4 is 15.3 Å². The van der Waals surface area contributed by atoms with Gasteiger partial charge in [0, 0.05) is 31.8 Å². The molecule has 31 heavy (non-hydrogen) atoms.